The zero-order chi connectivity index (χ0) is 13.4. The average Bonchev–Trinajstić information content (AvgIpc) is 2.28. The molecule has 1 saturated heterocycles. The van der Waals surface area contributed by atoms with Gasteiger partial charge < -0.3 is 5.11 Å². The van der Waals surface area contributed by atoms with Gasteiger partial charge in [0.2, 0.25) is 0 Å². The summed E-state index contributed by atoms with van der Waals surface area (Å²) in [5.74, 6) is 0.843. The summed E-state index contributed by atoms with van der Waals surface area (Å²) in [5.41, 5.74) is 0.237. The molecule has 2 N–H and O–H groups in total. The summed E-state index contributed by atoms with van der Waals surface area (Å²) < 4.78 is 0. The van der Waals surface area contributed by atoms with E-state index in [4.69, 9.17) is 0 Å². The van der Waals surface area contributed by atoms with Gasteiger partial charge in [-0.15, -0.1) is 11.8 Å². The highest BCUT2D eigenvalue weighted by Crippen LogP contribution is 2.51. The van der Waals surface area contributed by atoms with Crippen LogP contribution in [0, 0.1) is 11.3 Å². The number of carbonyl (C=O) groups is 1. The van der Waals surface area contributed by atoms with Crippen molar-refractivity contribution in [2.24, 2.45) is 11.3 Å². The van der Waals surface area contributed by atoms with E-state index in [0.29, 0.717) is 5.92 Å². The van der Waals surface area contributed by atoms with Gasteiger partial charge in [-0.3, -0.25) is 10.1 Å². The number of thioether (sulfide) groups is 1. The Morgan fingerprint density at radius 2 is 2.06 bits per heavy atom. The Labute approximate surface area is 114 Å². The molecule has 2 rings (SSSR count). The second kappa shape index (κ2) is 5.04. The number of hydrogen-bond acceptors (Lipinski definition) is 3. The van der Waals surface area contributed by atoms with Crippen LogP contribution in [0.25, 0.3) is 0 Å². The lowest BCUT2D eigenvalue weighted by molar-refractivity contribution is -0.140. The molecule has 0 aromatic rings. The maximum atomic E-state index is 11.3. The van der Waals surface area contributed by atoms with Crippen molar-refractivity contribution in [3.63, 3.8) is 0 Å². The first-order valence-electron chi connectivity index (χ1n) is 7.00. The van der Waals surface area contributed by atoms with Gasteiger partial charge in [0.1, 0.15) is 6.04 Å². The van der Waals surface area contributed by atoms with Crippen molar-refractivity contribution in [3.05, 3.63) is 0 Å². The smallest absolute Gasteiger partial charge is 0.320 e. The number of aliphatic carboxylic acids is 1. The van der Waals surface area contributed by atoms with Crippen LogP contribution in [0.4, 0.5) is 0 Å². The predicted molar refractivity (Wildman–Crippen MR) is 75.8 cm³/mol. The van der Waals surface area contributed by atoms with E-state index >= 15 is 0 Å². The van der Waals surface area contributed by atoms with Gasteiger partial charge in [0.25, 0.3) is 0 Å². The summed E-state index contributed by atoms with van der Waals surface area (Å²) >= 11 is 1.97. The van der Waals surface area contributed by atoms with Gasteiger partial charge in [-0.05, 0) is 36.3 Å². The third-order valence-electron chi connectivity index (χ3n) is 4.38. The zero-order valence-electron chi connectivity index (χ0n) is 11.7. The zero-order valence-corrected chi connectivity index (χ0v) is 12.5. The molecule has 0 aromatic carbocycles. The maximum Gasteiger partial charge on any atom is 0.320 e. The molecule has 1 aliphatic heterocycles. The Bertz CT molecular complexity index is 322. The number of nitrogens with one attached hydrogen (secondary N) is 1. The Balaban J connectivity index is 2.22. The highest BCUT2D eigenvalue weighted by Gasteiger charge is 2.49. The number of rotatable bonds is 1. The predicted octanol–water partition coefficient (Wildman–Crippen LogP) is 3.10. The quantitative estimate of drug-likeness (QED) is 0.769. The van der Waals surface area contributed by atoms with Crippen molar-refractivity contribution in [2.45, 2.75) is 63.8 Å². The summed E-state index contributed by atoms with van der Waals surface area (Å²) in [6.45, 7) is 6.87. The summed E-state index contributed by atoms with van der Waals surface area (Å²) in [6, 6.07) is -0.353. The summed E-state index contributed by atoms with van der Waals surface area (Å²) in [4.78, 5) is 11.3. The van der Waals surface area contributed by atoms with E-state index in [0.717, 1.165) is 18.6 Å². The molecule has 0 radical (unpaired) electrons. The van der Waals surface area contributed by atoms with E-state index in [2.05, 4.69) is 26.1 Å². The third kappa shape index (κ3) is 2.69. The van der Waals surface area contributed by atoms with Crippen molar-refractivity contribution < 1.29 is 9.90 Å². The van der Waals surface area contributed by atoms with E-state index < -0.39 is 5.97 Å². The van der Waals surface area contributed by atoms with Crippen molar-refractivity contribution >= 4 is 17.7 Å². The fourth-order valence-electron chi connectivity index (χ4n) is 3.57. The molecule has 1 heterocycles. The van der Waals surface area contributed by atoms with Crippen LogP contribution in [0.5, 0.6) is 0 Å². The van der Waals surface area contributed by atoms with Crippen LogP contribution in [-0.4, -0.2) is 27.7 Å². The van der Waals surface area contributed by atoms with Crippen molar-refractivity contribution in [1.29, 1.82) is 0 Å². The molecule has 2 fully saturated rings. The Hall–Kier alpha value is -0.220. The molecule has 3 unspecified atom stereocenters. The normalized spacial score (nSPS) is 37.7. The lowest BCUT2D eigenvalue weighted by Gasteiger charge is -2.53. The summed E-state index contributed by atoms with van der Waals surface area (Å²) in [7, 11) is 0. The molecular formula is C14H25NO2S. The van der Waals surface area contributed by atoms with Gasteiger partial charge in [-0.1, -0.05) is 33.6 Å². The first-order chi connectivity index (χ1) is 8.35. The van der Waals surface area contributed by atoms with Crippen LogP contribution in [0.15, 0.2) is 0 Å². The molecule has 1 spiro atoms. The van der Waals surface area contributed by atoms with Crippen LogP contribution in [0.3, 0.4) is 0 Å². The second-order valence-electron chi connectivity index (χ2n) is 6.73. The Kier molecular flexibility index (Phi) is 3.98. The number of carboxylic acid groups (broad SMARTS) is 1. The molecule has 4 heteroatoms. The first kappa shape index (κ1) is 14.2. The average molecular weight is 271 g/mol. The third-order valence-corrected chi connectivity index (χ3v) is 5.94. The topological polar surface area (TPSA) is 49.3 Å². The van der Waals surface area contributed by atoms with Gasteiger partial charge in [0.05, 0.1) is 4.87 Å². The van der Waals surface area contributed by atoms with E-state index in [9.17, 15) is 9.90 Å². The molecule has 1 aliphatic carbocycles. The lowest BCUT2D eigenvalue weighted by atomic mass is 9.68. The van der Waals surface area contributed by atoms with Gasteiger partial charge in [-0.2, -0.15) is 0 Å². The number of hydrogen-bond donors (Lipinski definition) is 2. The molecule has 0 aromatic heterocycles. The summed E-state index contributed by atoms with van der Waals surface area (Å²) in [6.07, 6.45) is 5.58. The van der Waals surface area contributed by atoms with Gasteiger partial charge >= 0.3 is 5.97 Å². The minimum Gasteiger partial charge on any atom is -0.480 e. The van der Waals surface area contributed by atoms with Crippen LogP contribution in [0.2, 0.25) is 0 Å². The second-order valence-corrected chi connectivity index (χ2v) is 8.15. The highest BCUT2D eigenvalue weighted by atomic mass is 32.2. The monoisotopic (exact) mass is 271 g/mol. The van der Waals surface area contributed by atoms with Crippen LogP contribution in [-0.2, 0) is 4.79 Å². The van der Waals surface area contributed by atoms with Crippen molar-refractivity contribution in [2.75, 3.05) is 5.75 Å². The summed E-state index contributed by atoms with van der Waals surface area (Å²) in [5, 5.41) is 12.8. The minimum atomic E-state index is -0.687. The highest BCUT2D eigenvalue weighted by molar-refractivity contribution is 8.00. The van der Waals surface area contributed by atoms with Gasteiger partial charge in [-0.25, -0.2) is 0 Å². The van der Waals surface area contributed by atoms with E-state index in [-0.39, 0.29) is 16.3 Å². The fourth-order valence-corrected chi connectivity index (χ4v) is 5.48. The van der Waals surface area contributed by atoms with Crippen molar-refractivity contribution in [3.8, 4) is 0 Å². The molecule has 3 atom stereocenters. The molecular weight excluding hydrogens is 246 g/mol. The molecule has 0 amide bonds. The Morgan fingerprint density at radius 3 is 2.67 bits per heavy atom. The van der Waals surface area contributed by atoms with E-state index in [1.807, 2.05) is 11.8 Å². The molecule has 1 saturated carbocycles. The molecule has 18 heavy (non-hydrogen) atoms. The van der Waals surface area contributed by atoms with Crippen LogP contribution in [0.1, 0.15) is 52.9 Å². The lowest BCUT2D eigenvalue weighted by Crippen LogP contribution is -2.61. The Morgan fingerprint density at radius 1 is 1.33 bits per heavy atom. The standard InChI is InChI=1S/C14H25NO2S/c1-13(2,3)11-6-4-5-8-14(11)15-10(12(16)17)7-9-18-14/h10-11,15H,4-9H2,1-3H3,(H,16,17). The first-order valence-corrected chi connectivity index (χ1v) is 7.98. The minimum absolute atomic E-state index is 0.00218. The van der Waals surface area contributed by atoms with Gasteiger partial charge in [0, 0.05) is 0 Å². The van der Waals surface area contributed by atoms with Crippen LogP contribution >= 0.6 is 11.8 Å². The van der Waals surface area contributed by atoms with E-state index in [1.165, 1.54) is 19.3 Å². The largest absolute Gasteiger partial charge is 0.480 e. The van der Waals surface area contributed by atoms with E-state index in [1.54, 1.807) is 0 Å². The molecule has 104 valence electrons. The molecule has 3 nitrogen and oxygen atoms in total. The SMILES string of the molecule is CC(C)(C)C1CCCCC12NC(C(=O)O)CCS2. The molecule has 2 aliphatic rings. The maximum absolute atomic E-state index is 11.3. The fraction of sp³-hybridized carbons (Fsp3) is 0.929. The number of carboxylic acids is 1. The van der Waals surface area contributed by atoms with Gasteiger partial charge in [0.15, 0.2) is 0 Å². The van der Waals surface area contributed by atoms with Crippen LogP contribution < -0.4 is 5.32 Å². The van der Waals surface area contributed by atoms with Crippen molar-refractivity contribution in [1.82, 2.24) is 5.32 Å². The molecule has 0 bridgehead atoms.